The van der Waals surface area contributed by atoms with Gasteiger partial charge in [-0.3, -0.25) is 14.5 Å². The molecule has 0 radical (unpaired) electrons. The van der Waals surface area contributed by atoms with Crippen molar-refractivity contribution in [2.24, 2.45) is 34.5 Å². The van der Waals surface area contributed by atoms with Gasteiger partial charge in [0.2, 0.25) is 5.91 Å². The van der Waals surface area contributed by atoms with Gasteiger partial charge in [0, 0.05) is 49.2 Å². The standard InChI is InChI=1S/C24H35N3O2/c1-5-26(6-2)22(29)20-8-7-18-17-14-27(15-25)21-13-16(28)9-11-24(21,4)19(17)10-12-23(18,20)3/h13,17-20H,5-12,14H2,1-4H3/t17?,18?,19?,20-,23+,24-/m1/s1. The minimum atomic E-state index is -0.0884. The average molecular weight is 398 g/mol. The molecule has 5 nitrogen and oxygen atoms in total. The molecular weight excluding hydrogens is 362 g/mol. The maximum absolute atomic E-state index is 13.3. The number of piperidine rings is 1. The summed E-state index contributed by atoms with van der Waals surface area (Å²) < 4.78 is 0. The van der Waals surface area contributed by atoms with Crippen molar-refractivity contribution in [2.75, 3.05) is 19.6 Å². The van der Waals surface area contributed by atoms with Crippen LogP contribution in [0.15, 0.2) is 11.8 Å². The van der Waals surface area contributed by atoms with Gasteiger partial charge in [-0.15, -0.1) is 0 Å². The number of ketones is 1. The van der Waals surface area contributed by atoms with Gasteiger partial charge < -0.3 is 4.90 Å². The van der Waals surface area contributed by atoms with E-state index in [9.17, 15) is 14.9 Å². The molecule has 0 aromatic rings. The summed E-state index contributed by atoms with van der Waals surface area (Å²) in [6.07, 6.45) is 9.81. The van der Waals surface area contributed by atoms with Crippen LogP contribution in [0.25, 0.3) is 0 Å². The van der Waals surface area contributed by atoms with Crippen molar-refractivity contribution in [3.8, 4) is 6.19 Å². The first-order valence-electron chi connectivity index (χ1n) is 11.5. The topological polar surface area (TPSA) is 64.4 Å². The van der Waals surface area contributed by atoms with Crippen LogP contribution >= 0.6 is 0 Å². The first kappa shape index (κ1) is 20.4. The average Bonchev–Trinajstić information content (AvgIpc) is 3.06. The van der Waals surface area contributed by atoms with Crippen molar-refractivity contribution in [3.05, 3.63) is 11.8 Å². The van der Waals surface area contributed by atoms with Gasteiger partial charge in [-0.25, -0.2) is 0 Å². The van der Waals surface area contributed by atoms with E-state index in [0.717, 1.165) is 50.9 Å². The number of allylic oxidation sites excluding steroid dienone is 2. The van der Waals surface area contributed by atoms with Crippen LogP contribution in [0, 0.1) is 46.0 Å². The second-order valence-corrected chi connectivity index (χ2v) is 10.2. The maximum Gasteiger partial charge on any atom is 0.226 e. The molecule has 1 aliphatic heterocycles. The Morgan fingerprint density at radius 3 is 2.59 bits per heavy atom. The van der Waals surface area contributed by atoms with E-state index in [1.54, 1.807) is 6.08 Å². The number of carbonyl (C=O) groups excluding carboxylic acids is 2. The maximum atomic E-state index is 13.3. The fourth-order valence-electron chi connectivity index (χ4n) is 7.56. The third kappa shape index (κ3) is 2.86. The van der Waals surface area contributed by atoms with Gasteiger partial charge >= 0.3 is 0 Å². The molecule has 3 fully saturated rings. The quantitative estimate of drug-likeness (QED) is 0.676. The molecule has 1 heterocycles. The summed E-state index contributed by atoms with van der Waals surface area (Å²) in [5.41, 5.74) is 0.897. The molecule has 0 N–H and O–H groups in total. The molecule has 0 bridgehead atoms. The lowest BCUT2D eigenvalue weighted by atomic mass is 9.49. The number of hydrogen-bond acceptors (Lipinski definition) is 4. The smallest absolute Gasteiger partial charge is 0.226 e. The number of nitrogens with zero attached hydrogens (tertiary/aromatic N) is 3. The predicted octanol–water partition coefficient (Wildman–Crippen LogP) is 3.96. The van der Waals surface area contributed by atoms with Crippen LogP contribution in [0.4, 0.5) is 0 Å². The minimum absolute atomic E-state index is 0.0318. The minimum Gasteiger partial charge on any atom is -0.343 e. The van der Waals surface area contributed by atoms with E-state index in [2.05, 4.69) is 33.9 Å². The Bertz CT molecular complexity index is 779. The Morgan fingerprint density at radius 1 is 1.21 bits per heavy atom. The van der Waals surface area contributed by atoms with Crippen molar-refractivity contribution >= 4 is 11.7 Å². The molecule has 3 aliphatic carbocycles. The zero-order valence-electron chi connectivity index (χ0n) is 18.4. The molecule has 4 rings (SSSR count). The van der Waals surface area contributed by atoms with Gasteiger partial charge in [-0.05, 0) is 69.1 Å². The third-order valence-corrected chi connectivity index (χ3v) is 9.21. The molecule has 158 valence electrons. The van der Waals surface area contributed by atoms with Crippen molar-refractivity contribution < 1.29 is 9.59 Å². The Hall–Kier alpha value is -1.83. The molecule has 3 unspecified atom stereocenters. The SMILES string of the molecule is CCN(CC)C(=O)[C@H]1CCC2C3CN(C#N)C4=CC(=O)CC[C@]4(C)C3CC[C@@]21C. The van der Waals surface area contributed by atoms with E-state index < -0.39 is 0 Å². The summed E-state index contributed by atoms with van der Waals surface area (Å²) in [7, 11) is 0. The second-order valence-electron chi connectivity index (χ2n) is 10.2. The Labute approximate surface area is 175 Å². The van der Waals surface area contributed by atoms with Gasteiger partial charge in [0.15, 0.2) is 12.0 Å². The highest BCUT2D eigenvalue weighted by atomic mass is 16.2. The number of hydrogen-bond donors (Lipinski definition) is 0. The highest BCUT2D eigenvalue weighted by Crippen LogP contribution is 2.65. The lowest BCUT2D eigenvalue weighted by Gasteiger charge is -2.59. The van der Waals surface area contributed by atoms with Crippen molar-refractivity contribution in [2.45, 2.75) is 66.2 Å². The van der Waals surface area contributed by atoms with E-state index in [-0.39, 0.29) is 22.5 Å². The molecule has 4 aliphatic rings. The lowest BCUT2D eigenvalue weighted by molar-refractivity contribution is -0.143. The van der Waals surface area contributed by atoms with Gasteiger partial charge in [-0.1, -0.05) is 13.8 Å². The fraction of sp³-hybridized carbons (Fsp3) is 0.792. The monoisotopic (exact) mass is 397 g/mol. The van der Waals surface area contributed by atoms with Crippen LogP contribution in [-0.2, 0) is 9.59 Å². The Balaban J connectivity index is 1.66. The van der Waals surface area contributed by atoms with Crippen LogP contribution in [0.1, 0.15) is 66.2 Å². The number of nitriles is 1. The summed E-state index contributed by atoms with van der Waals surface area (Å²) in [5, 5.41) is 9.87. The fourth-order valence-corrected chi connectivity index (χ4v) is 7.56. The molecule has 0 aromatic heterocycles. The van der Waals surface area contributed by atoms with E-state index in [1.165, 1.54) is 0 Å². The third-order valence-electron chi connectivity index (χ3n) is 9.21. The highest BCUT2D eigenvalue weighted by molar-refractivity contribution is 5.91. The summed E-state index contributed by atoms with van der Waals surface area (Å²) in [5.74, 6) is 2.02. The van der Waals surface area contributed by atoms with E-state index in [0.29, 0.717) is 36.6 Å². The predicted molar refractivity (Wildman–Crippen MR) is 111 cm³/mol. The van der Waals surface area contributed by atoms with Gasteiger partial charge in [0.25, 0.3) is 0 Å². The second kappa shape index (κ2) is 7.15. The summed E-state index contributed by atoms with van der Waals surface area (Å²) in [6.45, 7) is 11.0. The molecule has 0 spiro atoms. The van der Waals surface area contributed by atoms with E-state index in [1.807, 2.05) is 9.80 Å². The zero-order valence-corrected chi connectivity index (χ0v) is 18.4. The van der Waals surface area contributed by atoms with Crippen LogP contribution < -0.4 is 0 Å². The molecule has 1 saturated heterocycles. The van der Waals surface area contributed by atoms with Gasteiger partial charge in [-0.2, -0.15) is 5.26 Å². The van der Waals surface area contributed by atoms with E-state index >= 15 is 0 Å². The first-order valence-corrected chi connectivity index (χ1v) is 11.5. The number of carbonyl (C=O) groups is 2. The molecule has 1 amide bonds. The van der Waals surface area contributed by atoms with Crippen molar-refractivity contribution in [3.63, 3.8) is 0 Å². The van der Waals surface area contributed by atoms with Crippen molar-refractivity contribution in [1.82, 2.24) is 9.80 Å². The molecular formula is C24H35N3O2. The Morgan fingerprint density at radius 2 is 1.93 bits per heavy atom. The van der Waals surface area contributed by atoms with Crippen LogP contribution in [-0.4, -0.2) is 41.1 Å². The normalized spacial score (nSPS) is 41.0. The molecule has 0 aromatic carbocycles. The van der Waals surface area contributed by atoms with Gasteiger partial charge in [0.1, 0.15) is 0 Å². The molecule has 6 atom stereocenters. The molecule has 29 heavy (non-hydrogen) atoms. The Kier molecular flexibility index (Phi) is 5.04. The summed E-state index contributed by atoms with van der Waals surface area (Å²) in [4.78, 5) is 29.2. The largest absolute Gasteiger partial charge is 0.343 e. The van der Waals surface area contributed by atoms with Crippen LogP contribution in [0.3, 0.4) is 0 Å². The number of fused-ring (bicyclic) bond motifs is 5. The number of amides is 1. The zero-order chi connectivity index (χ0) is 21.0. The highest BCUT2D eigenvalue weighted by Gasteiger charge is 2.61. The summed E-state index contributed by atoms with van der Waals surface area (Å²) in [6, 6.07) is 0. The molecule has 2 saturated carbocycles. The van der Waals surface area contributed by atoms with Crippen LogP contribution in [0.5, 0.6) is 0 Å². The van der Waals surface area contributed by atoms with Crippen molar-refractivity contribution in [1.29, 1.82) is 5.26 Å². The first-order chi connectivity index (χ1) is 13.8. The van der Waals surface area contributed by atoms with Gasteiger partial charge in [0.05, 0.1) is 0 Å². The number of rotatable bonds is 3. The lowest BCUT2D eigenvalue weighted by Crippen LogP contribution is -2.57. The number of likely N-dealkylation sites (tertiary alicyclic amines) is 1. The summed E-state index contributed by atoms with van der Waals surface area (Å²) >= 11 is 0. The van der Waals surface area contributed by atoms with Crippen LogP contribution in [0.2, 0.25) is 0 Å². The van der Waals surface area contributed by atoms with E-state index in [4.69, 9.17) is 0 Å². The molecule has 5 heteroatoms.